The summed E-state index contributed by atoms with van der Waals surface area (Å²) >= 11 is 0. The monoisotopic (exact) mass is 440 g/mol. The van der Waals surface area contributed by atoms with Crippen LogP contribution in [0.5, 0.6) is 5.75 Å². The second kappa shape index (κ2) is 9.51. The summed E-state index contributed by atoms with van der Waals surface area (Å²) in [5.74, 6) is -3.34. The summed E-state index contributed by atoms with van der Waals surface area (Å²) in [6.07, 6.45) is 0. The summed E-state index contributed by atoms with van der Waals surface area (Å²) in [6, 6.07) is 11.0. The molecule has 2 amide bonds. The molecule has 2 N–H and O–H groups in total. The van der Waals surface area contributed by atoms with Crippen molar-refractivity contribution in [3.8, 4) is 5.75 Å². The van der Waals surface area contributed by atoms with E-state index in [9.17, 15) is 28.2 Å². The number of methoxy groups -OCH3 is 1. The highest BCUT2D eigenvalue weighted by Gasteiger charge is 2.20. The molecule has 0 fully saturated rings. The molecule has 162 valence electrons. The van der Waals surface area contributed by atoms with Gasteiger partial charge in [-0.3, -0.25) is 9.59 Å². The SMILES string of the molecule is COc1ccc(C(=O)Nc2cccc(F)c2N=O)cc1C(=O)Nc1cccc(F)c1N=O. The van der Waals surface area contributed by atoms with Gasteiger partial charge in [0.25, 0.3) is 11.8 Å². The Balaban J connectivity index is 1.92. The Morgan fingerprint density at radius 1 is 0.812 bits per heavy atom. The highest BCUT2D eigenvalue weighted by molar-refractivity contribution is 6.11. The second-order valence-corrected chi connectivity index (χ2v) is 6.28. The third-order valence-corrected chi connectivity index (χ3v) is 4.36. The highest BCUT2D eigenvalue weighted by Crippen LogP contribution is 2.31. The van der Waals surface area contributed by atoms with Gasteiger partial charge < -0.3 is 15.4 Å². The van der Waals surface area contributed by atoms with Crippen LogP contribution in [-0.2, 0) is 0 Å². The van der Waals surface area contributed by atoms with Gasteiger partial charge in [0.15, 0.2) is 23.0 Å². The first-order chi connectivity index (χ1) is 15.4. The number of ether oxygens (including phenoxy) is 1. The lowest BCUT2D eigenvalue weighted by Crippen LogP contribution is -2.17. The van der Waals surface area contributed by atoms with E-state index in [0.717, 1.165) is 12.1 Å². The Morgan fingerprint density at radius 3 is 1.84 bits per heavy atom. The van der Waals surface area contributed by atoms with E-state index in [1.165, 1.54) is 49.6 Å². The zero-order valence-corrected chi connectivity index (χ0v) is 16.4. The Hall–Kier alpha value is -4.54. The van der Waals surface area contributed by atoms with Crippen molar-refractivity contribution in [2.75, 3.05) is 17.7 Å². The summed E-state index contributed by atoms with van der Waals surface area (Å²) < 4.78 is 32.6. The standard InChI is InChI=1S/C21H14F2N4O5/c1-32-17-9-8-11(20(28)24-15-6-2-4-13(22)18(15)26-30)10-12(17)21(29)25-16-7-3-5-14(23)19(16)27-31/h2-10H,1H3,(H,24,28)(H,25,29). The van der Waals surface area contributed by atoms with Crippen LogP contribution in [0.25, 0.3) is 0 Å². The summed E-state index contributed by atoms with van der Waals surface area (Å²) in [5.41, 5.74) is -1.66. The van der Waals surface area contributed by atoms with E-state index in [4.69, 9.17) is 4.74 Å². The number of carbonyl (C=O) groups is 2. The van der Waals surface area contributed by atoms with Gasteiger partial charge >= 0.3 is 0 Å². The molecule has 0 saturated carbocycles. The maximum atomic E-state index is 13.7. The first-order valence-electron chi connectivity index (χ1n) is 8.94. The quantitative estimate of drug-likeness (QED) is 0.484. The van der Waals surface area contributed by atoms with Crippen LogP contribution >= 0.6 is 0 Å². The highest BCUT2D eigenvalue weighted by atomic mass is 19.1. The van der Waals surface area contributed by atoms with Crippen LogP contribution in [0.2, 0.25) is 0 Å². The van der Waals surface area contributed by atoms with Gasteiger partial charge in [0.1, 0.15) is 5.75 Å². The van der Waals surface area contributed by atoms with Crippen LogP contribution < -0.4 is 15.4 Å². The number of halogens is 2. The normalized spacial score (nSPS) is 10.2. The zero-order valence-electron chi connectivity index (χ0n) is 16.4. The molecule has 11 heteroatoms. The third-order valence-electron chi connectivity index (χ3n) is 4.36. The van der Waals surface area contributed by atoms with Crippen LogP contribution in [0.15, 0.2) is 65.0 Å². The van der Waals surface area contributed by atoms with Crippen molar-refractivity contribution < 1.29 is 23.1 Å². The molecule has 3 rings (SSSR count). The van der Waals surface area contributed by atoms with Gasteiger partial charge in [-0.2, -0.15) is 0 Å². The summed E-state index contributed by atoms with van der Waals surface area (Å²) in [7, 11) is 1.29. The van der Waals surface area contributed by atoms with Crippen molar-refractivity contribution in [3.63, 3.8) is 0 Å². The Morgan fingerprint density at radius 2 is 1.34 bits per heavy atom. The molecule has 9 nitrogen and oxygen atoms in total. The van der Waals surface area contributed by atoms with Gasteiger partial charge in [0.05, 0.1) is 24.0 Å². The fourth-order valence-electron chi connectivity index (χ4n) is 2.83. The molecule has 0 spiro atoms. The van der Waals surface area contributed by atoms with E-state index in [2.05, 4.69) is 21.0 Å². The van der Waals surface area contributed by atoms with E-state index in [-0.39, 0.29) is 28.3 Å². The van der Waals surface area contributed by atoms with Gasteiger partial charge in [-0.15, -0.1) is 9.81 Å². The number of hydrogen-bond acceptors (Lipinski definition) is 7. The minimum atomic E-state index is -0.924. The molecule has 0 atom stereocenters. The van der Waals surface area contributed by atoms with Crippen molar-refractivity contribution in [1.82, 2.24) is 0 Å². The molecule has 32 heavy (non-hydrogen) atoms. The van der Waals surface area contributed by atoms with Crippen molar-refractivity contribution >= 4 is 34.6 Å². The van der Waals surface area contributed by atoms with Crippen molar-refractivity contribution in [2.24, 2.45) is 10.4 Å². The lowest BCUT2D eigenvalue weighted by atomic mass is 10.1. The number of nitrogens with one attached hydrogen (secondary N) is 2. The molecule has 3 aromatic carbocycles. The largest absolute Gasteiger partial charge is 0.496 e. The Bertz CT molecular complexity index is 1230. The zero-order chi connectivity index (χ0) is 23.3. The summed E-state index contributed by atoms with van der Waals surface area (Å²) in [6.45, 7) is 0. The molecule has 0 heterocycles. The van der Waals surface area contributed by atoms with Crippen molar-refractivity contribution in [3.05, 3.63) is 87.2 Å². The van der Waals surface area contributed by atoms with Crippen molar-refractivity contribution in [2.45, 2.75) is 0 Å². The lowest BCUT2D eigenvalue weighted by molar-refractivity contribution is 0.102. The molecular weight excluding hydrogens is 426 g/mol. The fourth-order valence-corrected chi connectivity index (χ4v) is 2.83. The predicted octanol–water partition coefficient (Wildman–Crippen LogP) is 5.27. The first-order valence-corrected chi connectivity index (χ1v) is 8.94. The van der Waals surface area contributed by atoms with Gasteiger partial charge in [-0.05, 0) is 52.8 Å². The number of nitrogens with zero attached hydrogens (tertiary/aromatic N) is 2. The number of hydrogen-bond donors (Lipinski definition) is 2. The topological polar surface area (TPSA) is 126 Å². The van der Waals surface area contributed by atoms with Crippen LogP contribution in [0, 0.1) is 21.4 Å². The summed E-state index contributed by atoms with van der Waals surface area (Å²) in [5, 5.41) is 9.84. The molecular formula is C21H14F2N4O5. The number of nitroso groups, excluding NO2 is 2. The van der Waals surface area contributed by atoms with E-state index in [1.807, 2.05) is 0 Å². The van der Waals surface area contributed by atoms with E-state index in [1.54, 1.807) is 0 Å². The lowest BCUT2D eigenvalue weighted by Gasteiger charge is -2.13. The third kappa shape index (κ3) is 4.46. The van der Waals surface area contributed by atoms with Gasteiger partial charge in [0, 0.05) is 5.56 Å². The molecule has 0 radical (unpaired) electrons. The van der Waals surface area contributed by atoms with Crippen molar-refractivity contribution in [1.29, 1.82) is 0 Å². The van der Waals surface area contributed by atoms with Gasteiger partial charge in [-0.25, -0.2) is 8.78 Å². The number of carbonyl (C=O) groups excluding carboxylic acids is 2. The minimum absolute atomic E-state index is 0.0370. The fraction of sp³-hybridized carbons (Fsp3) is 0.0476. The molecule has 0 bridgehead atoms. The maximum absolute atomic E-state index is 13.7. The predicted molar refractivity (Wildman–Crippen MR) is 113 cm³/mol. The Kier molecular flexibility index (Phi) is 6.59. The smallest absolute Gasteiger partial charge is 0.259 e. The molecule has 0 unspecified atom stereocenters. The average molecular weight is 440 g/mol. The minimum Gasteiger partial charge on any atom is -0.496 e. The van der Waals surface area contributed by atoms with E-state index in [0.29, 0.717) is 0 Å². The Labute approximate surface area is 179 Å². The van der Waals surface area contributed by atoms with E-state index >= 15 is 0 Å². The van der Waals surface area contributed by atoms with Crippen LogP contribution in [-0.4, -0.2) is 18.9 Å². The van der Waals surface area contributed by atoms with Crippen LogP contribution in [0.3, 0.4) is 0 Å². The molecule has 0 aliphatic rings. The number of benzene rings is 3. The van der Waals surface area contributed by atoms with Gasteiger partial charge in [0.2, 0.25) is 0 Å². The van der Waals surface area contributed by atoms with Crippen LogP contribution in [0.1, 0.15) is 20.7 Å². The number of amides is 2. The molecule has 0 aliphatic carbocycles. The number of rotatable bonds is 7. The summed E-state index contributed by atoms with van der Waals surface area (Å²) in [4.78, 5) is 47.2. The van der Waals surface area contributed by atoms with Crippen LogP contribution in [0.4, 0.5) is 31.5 Å². The van der Waals surface area contributed by atoms with E-state index < -0.39 is 34.8 Å². The molecule has 0 aliphatic heterocycles. The average Bonchev–Trinajstić information content (AvgIpc) is 2.79. The van der Waals surface area contributed by atoms with Gasteiger partial charge in [-0.1, -0.05) is 12.1 Å². The number of anilines is 2. The maximum Gasteiger partial charge on any atom is 0.259 e. The second-order valence-electron chi connectivity index (χ2n) is 6.28. The molecule has 0 aromatic heterocycles. The first kappa shape index (κ1) is 22.2. The molecule has 0 saturated heterocycles. The molecule has 3 aromatic rings.